The first-order chi connectivity index (χ1) is 18.1. The fourth-order valence-corrected chi connectivity index (χ4v) is 7.08. The molecule has 1 atom stereocenters. The Morgan fingerprint density at radius 3 is 2.79 bits per heavy atom. The predicted molar refractivity (Wildman–Crippen MR) is 154 cm³/mol. The molecule has 2 aromatic heterocycles. The van der Waals surface area contributed by atoms with Crippen molar-refractivity contribution in [2.24, 2.45) is 18.4 Å². The molecule has 38 heavy (non-hydrogen) atoms. The predicted octanol–water partition coefficient (Wildman–Crippen LogP) is 6.12. The average molecular weight is 552 g/mol. The van der Waals surface area contributed by atoms with Crippen LogP contribution in [0.3, 0.4) is 0 Å². The quantitative estimate of drug-likeness (QED) is 0.322. The van der Waals surface area contributed by atoms with Crippen LogP contribution in [0.5, 0.6) is 5.75 Å². The number of anilines is 1. The maximum absolute atomic E-state index is 12.8. The van der Waals surface area contributed by atoms with Crippen molar-refractivity contribution in [1.29, 1.82) is 5.26 Å². The van der Waals surface area contributed by atoms with E-state index in [0.717, 1.165) is 66.4 Å². The van der Waals surface area contributed by atoms with E-state index in [1.54, 1.807) is 18.4 Å². The fourth-order valence-electron chi connectivity index (χ4n) is 5.06. The number of amides is 1. The van der Waals surface area contributed by atoms with E-state index in [4.69, 9.17) is 4.74 Å². The highest BCUT2D eigenvalue weighted by Crippen LogP contribution is 2.44. The average Bonchev–Trinajstić information content (AvgIpc) is 3.40. The highest BCUT2D eigenvalue weighted by Gasteiger charge is 2.32. The van der Waals surface area contributed by atoms with Gasteiger partial charge in [0.15, 0.2) is 5.16 Å². The van der Waals surface area contributed by atoms with Crippen LogP contribution in [0.15, 0.2) is 23.4 Å². The van der Waals surface area contributed by atoms with E-state index in [0.29, 0.717) is 16.5 Å². The molecule has 9 heteroatoms. The van der Waals surface area contributed by atoms with E-state index in [9.17, 15) is 10.1 Å². The summed E-state index contributed by atoms with van der Waals surface area (Å²) < 4.78 is 7.31. The molecule has 4 rings (SSSR count). The van der Waals surface area contributed by atoms with Gasteiger partial charge in [0.05, 0.1) is 18.4 Å². The molecule has 0 saturated carbocycles. The molecule has 0 aliphatic heterocycles. The van der Waals surface area contributed by atoms with E-state index >= 15 is 0 Å². The number of benzene rings is 1. The van der Waals surface area contributed by atoms with Gasteiger partial charge in [-0.25, -0.2) is 0 Å². The largest absolute Gasteiger partial charge is 0.496 e. The second-order valence-electron chi connectivity index (χ2n) is 11.1. The van der Waals surface area contributed by atoms with Gasteiger partial charge in [0.2, 0.25) is 5.91 Å². The van der Waals surface area contributed by atoms with Gasteiger partial charge in [0.1, 0.15) is 22.6 Å². The molecule has 1 aliphatic rings. The van der Waals surface area contributed by atoms with E-state index < -0.39 is 0 Å². The summed E-state index contributed by atoms with van der Waals surface area (Å²) in [5, 5.41) is 22.9. The number of aromatic nitrogens is 3. The van der Waals surface area contributed by atoms with Gasteiger partial charge in [-0.1, -0.05) is 44.7 Å². The van der Waals surface area contributed by atoms with Gasteiger partial charge in [-0.05, 0) is 73.1 Å². The zero-order valence-electron chi connectivity index (χ0n) is 23.2. The molecule has 1 amide bonds. The summed E-state index contributed by atoms with van der Waals surface area (Å²) in [7, 11) is 3.63. The molecule has 1 aliphatic carbocycles. The molecule has 1 aromatic carbocycles. The fraction of sp³-hybridized carbons (Fsp3) is 0.517. The molecule has 0 unspecified atom stereocenters. The topological polar surface area (TPSA) is 92.8 Å². The second-order valence-corrected chi connectivity index (χ2v) is 13.1. The minimum atomic E-state index is -0.128. The second kappa shape index (κ2) is 11.9. The molecule has 2 heterocycles. The van der Waals surface area contributed by atoms with Crippen LogP contribution in [0.1, 0.15) is 66.6 Å². The number of methoxy groups -OCH3 is 1. The number of nitrogens with one attached hydrogen (secondary N) is 1. The number of aryl methyl sites for hydroxylation is 3. The number of hydrogen-bond acceptors (Lipinski definition) is 7. The Kier molecular flexibility index (Phi) is 8.84. The number of ether oxygens (including phenoxy) is 1. The Balaban J connectivity index is 1.31. The van der Waals surface area contributed by atoms with Gasteiger partial charge >= 0.3 is 0 Å². The van der Waals surface area contributed by atoms with Crippen LogP contribution >= 0.6 is 23.1 Å². The Labute approximate surface area is 234 Å². The van der Waals surface area contributed by atoms with Crippen LogP contribution in [-0.2, 0) is 37.5 Å². The van der Waals surface area contributed by atoms with E-state index in [1.807, 2.05) is 17.7 Å². The summed E-state index contributed by atoms with van der Waals surface area (Å²) in [6.45, 7) is 8.89. The molecule has 0 fully saturated rings. The number of thioether (sulfide) groups is 1. The SMILES string of the molecule is COc1ccc(CCCc2nnc(SCC(=O)Nc3sc4c(c3C#N)CC[C@@H](C(C)(C)C)C4)n2C)cc1C. The standard InChI is InChI=1S/C29H37N5O2S2/c1-18-14-19(10-13-23(18)36-6)8-7-9-25-32-33-28(34(25)5)37-17-26(35)31-27-22(16-30)21-12-11-20(29(2,3)4)15-24(21)38-27/h10,13-14,20H,7-9,11-12,15,17H2,1-6H3,(H,31,35)/t20-/m1/s1. The number of rotatable bonds is 9. The number of carbonyl (C=O) groups is 1. The maximum atomic E-state index is 12.8. The molecular formula is C29H37N5O2S2. The van der Waals surface area contributed by atoms with Gasteiger partial charge in [0.25, 0.3) is 0 Å². The first kappa shape index (κ1) is 28.2. The Bertz CT molecular complexity index is 1350. The van der Waals surface area contributed by atoms with Crippen molar-refractivity contribution in [3.8, 4) is 11.8 Å². The molecule has 0 radical (unpaired) electrons. The zero-order valence-corrected chi connectivity index (χ0v) is 24.8. The van der Waals surface area contributed by atoms with Gasteiger partial charge in [-0.2, -0.15) is 5.26 Å². The van der Waals surface area contributed by atoms with E-state index in [2.05, 4.69) is 61.4 Å². The molecule has 0 spiro atoms. The Morgan fingerprint density at radius 2 is 2.11 bits per heavy atom. The van der Waals surface area contributed by atoms with Gasteiger partial charge in [-0.3, -0.25) is 4.79 Å². The van der Waals surface area contributed by atoms with E-state index in [1.165, 1.54) is 22.2 Å². The van der Waals surface area contributed by atoms with Gasteiger partial charge in [-0.15, -0.1) is 21.5 Å². The van der Waals surface area contributed by atoms with Crippen molar-refractivity contribution in [3.05, 3.63) is 51.2 Å². The monoisotopic (exact) mass is 551 g/mol. The highest BCUT2D eigenvalue weighted by atomic mass is 32.2. The number of nitriles is 1. The van der Waals surface area contributed by atoms with Crippen LogP contribution in [-0.4, -0.2) is 33.5 Å². The highest BCUT2D eigenvalue weighted by molar-refractivity contribution is 7.99. The van der Waals surface area contributed by atoms with Crippen molar-refractivity contribution < 1.29 is 9.53 Å². The molecule has 0 bridgehead atoms. The third-order valence-electron chi connectivity index (χ3n) is 7.44. The lowest BCUT2D eigenvalue weighted by molar-refractivity contribution is -0.113. The smallest absolute Gasteiger partial charge is 0.235 e. The molecule has 202 valence electrons. The van der Waals surface area contributed by atoms with Crippen LogP contribution in [0.4, 0.5) is 5.00 Å². The maximum Gasteiger partial charge on any atom is 0.235 e. The summed E-state index contributed by atoms with van der Waals surface area (Å²) in [4.78, 5) is 14.1. The number of thiophene rings is 1. The summed E-state index contributed by atoms with van der Waals surface area (Å²) in [5.74, 6) is 2.49. The molecular weight excluding hydrogens is 514 g/mol. The van der Waals surface area contributed by atoms with Crippen molar-refractivity contribution >= 4 is 34.0 Å². The van der Waals surface area contributed by atoms with Crippen LogP contribution in [0, 0.1) is 29.6 Å². The summed E-state index contributed by atoms with van der Waals surface area (Å²) in [6.07, 6.45) is 5.68. The lowest BCUT2D eigenvalue weighted by Crippen LogP contribution is -2.26. The van der Waals surface area contributed by atoms with Crippen LogP contribution in [0.2, 0.25) is 0 Å². The van der Waals surface area contributed by atoms with Crippen molar-refractivity contribution in [3.63, 3.8) is 0 Å². The normalized spacial score (nSPS) is 15.1. The number of nitrogens with zero attached hydrogens (tertiary/aromatic N) is 4. The minimum absolute atomic E-state index is 0.128. The lowest BCUT2D eigenvalue weighted by Gasteiger charge is -2.33. The number of hydrogen-bond donors (Lipinski definition) is 1. The van der Waals surface area contributed by atoms with Crippen LogP contribution < -0.4 is 10.1 Å². The summed E-state index contributed by atoms with van der Waals surface area (Å²) in [6, 6.07) is 8.63. The molecule has 7 nitrogen and oxygen atoms in total. The summed E-state index contributed by atoms with van der Waals surface area (Å²) >= 11 is 2.94. The van der Waals surface area contributed by atoms with Gasteiger partial charge in [0, 0.05) is 18.3 Å². The zero-order chi connectivity index (χ0) is 27.4. The first-order valence-electron chi connectivity index (χ1n) is 13.1. The number of carbonyl (C=O) groups excluding carboxylic acids is 1. The van der Waals surface area contributed by atoms with Crippen molar-refractivity contribution in [2.45, 2.75) is 71.4 Å². The van der Waals surface area contributed by atoms with Crippen molar-refractivity contribution in [1.82, 2.24) is 14.8 Å². The Hall–Kier alpha value is -2.83. The van der Waals surface area contributed by atoms with Gasteiger partial charge < -0.3 is 14.6 Å². The van der Waals surface area contributed by atoms with Crippen molar-refractivity contribution in [2.75, 3.05) is 18.2 Å². The summed E-state index contributed by atoms with van der Waals surface area (Å²) in [5.41, 5.74) is 4.42. The third kappa shape index (κ3) is 6.41. The van der Waals surface area contributed by atoms with E-state index in [-0.39, 0.29) is 17.1 Å². The molecule has 1 N–H and O–H groups in total. The number of fused-ring (bicyclic) bond motifs is 1. The lowest BCUT2D eigenvalue weighted by atomic mass is 9.72. The minimum Gasteiger partial charge on any atom is -0.496 e. The first-order valence-corrected chi connectivity index (χ1v) is 14.9. The molecule has 0 saturated heterocycles. The Morgan fingerprint density at radius 1 is 1.32 bits per heavy atom. The molecule has 3 aromatic rings. The third-order valence-corrected chi connectivity index (χ3v) is 9.63. The van der Waals surface area contributed by atoms with Crippen LogP contribution in [0.25, 0.3) is 0 Å².